The van der Waals surface area contributed by atoms with Gasteiger partial charge in [-0.2, -0.15) is 0 Å². The highest BCUT2D eigenvalue weighted by Gasteiger charge is 2.60. The van der Waals surface area contributed by atoms with Gasteiger partial charge in [0.1, 0.15) is 6.10 Å². The normalized spacial score (nSPS) is 46.7. The Kier molecular flexibility index (Phi) is 5.56. The number of hydrogen-bond acceptors (Lipinski definition) is 4. The van der Waals surface area contributed by atoms with E-state index in [1.807, 2.05) is 12.5 Å². The zero-order valence-electron chi connectivity index (χ0n) is 18.8. The number of aliphatic hydroxyl groups excluding tert-OH is 2. The lowest BCUT2D eigenvalue weighted by molar-refractivity contribution is -0.137. The number of ether oxygens (including phenoxy) is 1. The summed E-state index contributed by atoms with van der Waals surface area (Å²) in [6.07, 6.45) is 15.0. The second-order valence-electron chi connectivity index (χ2n) is 11.5. The van der Waals surface area contributed by atoms with Crippen molar-refractivity contribution in [1.29, 1.82) is 0 Å². The molecule has 0 saturated heterocycles. The van der Waals surface area contributed by atoms with E-state index in [9.17, 15) is 5.11 Å². The first-order valence-corrected chi connectivity index (χ1v) is 12.4. The van der Waals surface area contributed by atoms with Gasteiger partial charge in [0.15, 0.2) is 0 Å². The molecule has 1 aromatic heterocycles. The van der Waals surface area contributed by atoms with E-state index in [0.717, 1.165) is 36.5 Å². The maximum atomic E-state index is 9.65. The fourth-order valence-corrected chi connectivity index (χ4v) is 8.69. The fourth-order valence-electron chi connectivity index (χ4n) is 8.69. The first-order chi connectivity index (χ1) is 14.5. The van der Waals surface area contributed by atoms with Gasteiger partial charge >= 0.3 is 0 Å². The van der Waals surface area contributed by atoms with Gasteiger partial charge in [0.25, 0.3) is 0 Å². The van der Waals surface area contributed by atoms with Gasteiger partial charge in [-0.1, -0.05) is 13.8 Å². The molecule has 0 bridgehead atoms. The highest BCUT2D eigenvalue weighted by molar-refractivity contribution is 5.22. The van der Waals surface area contributed by atoms with Gasteiger partial charge in [0.05, 0.1) is 31.8 Å². The topological polar surface area (TPSA) is 62.8 Å². The number of fused-ring (bicyclic) bond motifs is 5. The van der Waals surface area contributed by atoms with E-state index >= 15 is 0 Å². The van der Waals surface area contributed by atoms with Crippen LogP contribution in [0.2, 0.25) is 0 Å². The Labute approximate surface area is 181 Å². The van der Waals surface area contributed by atoms with Crippen LogP contribution in [0.3, 0.4) is 0 Å². The molecule has 4 aliphatic rings. The van der Waals surface area contributed by atoms with Crippen molar-refractivity contribution >= 4 is 0 Å². The Morgan fingerprint density at radius 3 is 2.63 bits per heavy atom. The van der Waals surface area contributed by atoms with E-state index in [2.05, 4.69) is 19.9 Å². The van der Waals surface area contributed by atoms with Crippen LogP contribution >= 0.6 is 0 Å². The minimum atomic E-state index is -0.740. The van der Waals surface area contributed by atoms with Crippen LogP contribution in [0, 0.1) is 34.5 Å². The molecular formula is C26H40O4. The molecule has 0 radical (unpaired) electrons. The van der Waals surface area contributed by atoms with Crippen LogP contribution in [-0.4, -0.2) is 35.6 Å². The van der Waals surface area contributed by atoms with Crippen molar-refractivity contribution < 1.29 is 19.4 Å². The average molecular weight is 417 g/mol. The molecule has 0 aromatic carbocycles. The Morgan fingerprint density at radius 2 is 1.87 bits per heavy atom. The lowest BCUT2D eigenvalue weighted by Gasteiger charge is -2.61. The van der Waals surface area contributed by atoms with Crippen LogP contribution in [0.15, 0.2) is 23.0 Å². The molecule has 1 aromatic rings. The predicted molar refractivity (Wildman–Crippen MR) is 116 cm³/mol. The molecule has 0 amide bonds. The molecular weight excluding hydrogens is 376 g/mol. The number of rotatable bonds is 5. The zero-order chi connectivity index (χ0) is 20.9. The molecule has 4 saturated carbocycles. The van der Waals surface area contributed by atoms with Crippen molar-refractivity contribution in [3.05, 3.63) is 24.2 Å². The van der Waals surface area contributed by atoms with Crippen molar-refractivity contribution in [3.63, 3.8) is 0 Å². The lowest BCUT2D eigenvalue weighted by atomic mass is 9.44. The monoisotopic (exact) mass is 416 g/mol. The van der Waals surface area contributed by atoms with Crippen LogP contribution in [0.25, 0.3) is 0 Å². The molecule has 1 heterocycles. The molecule has 5 rings (SSSR count). The molecule has 9 atom stereocenters. The number of hydrogen-bond donors (Lipinski definition) is 2. The number of furan rings is 1. The summed E-state index contributed by atoms with van der Waals surface area (Å²) in [6.45, 7) is 5.24. The van der Waals surface area contributed by atoms with Gasteiger partial charge in [0, 0.05) is 0 Å². The van der Waals surface area contributed by atoms with Gasteiger partial charge in [-0.3, -0.25) is 0 Å². The largest absolute Gasteiger partial charge is 0.472 e. The van der Waals surface area contributed by atoms with Crippen LogP contribution in [0.5, 0.6) is 0 Å². The maximum Gasteiger partial charge on any atom is 0.100 e. The van der Waals surface area contributed by atoms with E-state index in [1.54, 1.807) is 0 Å². The minimum absolute atomic E-state index is 0.211. The lowest BCUT2D eigenvalue weighted by Crippen LogP contribution is -2.54. The summed E-state index contributed by atoms with van der Waals surface area (Å²) in [5.41, 5.74) is 2.32. The van der Waals surface area contributed by atoms with E-state index in [4.69, 9.17) is 14.3 Å². The summed E-state index contributed by atoms with van der Waals surface area (Å²) < 4.78 is 11.4. The van der Waals surface area contributed by atoms with E-state index < -0.39 is 6.10 Å². The molecule has 0 aliphatic heterocycles. The first-order valence-electron chi connectivity index (χ1n) is 12.4. The molecule has 2 N–H and O–H groups in total. The summed E-state index contributed by atoms with van der Waals surface area (Å²) >= 11 is 0. The quantitative estimate of drug-likeness (QED) is 0.697. The van der Waals surface area contributed by atoms with Crippen LogP contribution in [0.4, 0.5) is 0 Å². The van der Waals surface area contributed by atoms with Crippen LogP contribution in [-0.2, 0) is 4.74 Å². The molecule has 0 spiro atoms. The predicted octanol–water partition coefficient (Wildman–Crippen LogP) is 5.14. The Hall–Kier alpha value is -0.840. The Balaban J connectivity index is 1.29. The third kappa shape index (κ3) is 3.29. The van der Waals surface area contributed by atoms with Crippen molar-refractivity contribution in [3.8, 4) is 0 Å². The highest BCUT2D eigenvalue weighted by Crippen LogP contribution is 2.69. The highest BCUT2D eigenvalue weighted by atomic mass is 16.5. The smallest absolute Gasteiger partial charge is 0.100 e. The molecule has 168 valence electrons. The second-order valence-corrected chi connectivity index (χ2v) is 11.5. The van der Waals surface area contributed by atoms with Crippen molar-refractivity contribution in [2.45, 2.75) is 89.8 Å². The van der Waals surface area contributed by atoms with Gasteiger partial charge < -0.3 is 19.4 Å². The standard InChI is InChI=1S/C26H40O4/c1-25-10-7-20(30-16-19(28)14-27)13-18(25)3-4-21-23-6-5-22(17-9-12-29-15-17)26(23,2)11-8-24(21)25/h9,12,15,18-24,27-28H,3-8,10-11,13-14,16H2,1-2H3/t18-,19?,20+,21+,22-,23-,24+,25+,26-/m1/s1. The van der Waals surface area contributed by atoms with Crippen LogP contribution in [0.1, 0.15) is 83.1 Å². The van der Waals surface area contributed by atoms with Gasteiger partial charge in [0.2, 0.25) is 0 Å². The number of aliphatic hydroxyl groups is 2. The summed E-state index contributed by atoms with van der Waals surface area (Å²) in [6, 6.07) is 2.21. The molecule has 4 fully saturated rings. The van der Waals surface area contributed by atoms with E-state index in [1.165, 1.54) is 50.5 Å². The van der Waals surface area contributed by atoms with Gasteiger partial charge in [-0.05, 0) is 110 Å². The average Bonchev–Trinajstić information content (AvgIpc) is 3.38. The summed E-state index contributed by atoms with van der Waals surface area (Å²) in [4.78, 5) is 0. The van der Waals surface area contributed by atoms with Crippen LogP contribution < -0.4 is 0 Å². The molecule has 30 heavy (non-hydrogen) atoms. The van der Waals surface area contributed by atoms with Gasteiger partial charge in [-0.25, -0.2) is 0 Å². The summed E-state index contributed by atoms with van der Waals surface area (Å²) in [7, 11) is 0. The zero-order valence-corrected chi connectivity index (χ0v) is 18.8. The molecule has 1 unspecified atom stereocenters. The third-order valence-corrected chi connectivity index (χ3v) is 10.3. The second kappa shape index (κ2) is 7.94. The summed E-state index contributed by atoms with van der Waals surface area (Å²) in [5.74, 6) is 4.04. The molecule has 4 heteroatoms. The van der Waals surface area contributed by atoms with Crippen molar-refractivity contribution in [2.75, 3.05) is 13.2 Å². The van der Waals surface area contributed by atoms with Crippen molar-refractivity contribution in [1.82, 2.24) is 0 Å². The SMILES string of the molecule is C[C@]12CC[C@H](OCC(O)CO)C[C@H]1CC[C@H]1[C@H]3CC[C@H](c4ccoc4)[C@@]3(C)CC[C@@H]12. The fraction of sp³-hybridized carbons (Fsp3) is 0.846. The van der Waals surface area contributed by atoms with E-state index in [0.29, 0.717) is 16.7 Å². The maximum absolute atomic E-state index is 9.65. The van der Waals surface area contributed by atoms with Crippen molar-refractivity contribution in [2.24, 2.45) is 34.5 Å². The van der Waals surface area contributed by atoms with Gasteiger partial charge in [-0.15, -0.1) is 0 Å². The minimum Gasteiger partial charge on any atom is -0.472 e. The Morgan fingerprint density at radius 1 is 1.07 bits per heavy atom. The molecule has 4 aliphatic carbocycles. The van der Waals surface area contributed by atoms with E-state index in [-0.39, 0.29) is 19.3 Å². The summed E-state index contributed by atoms with van der Waals surface area (Å²) in [5, 5.41) is 18.7. The Bertz CT molecular complexity index is 717. The third-order valence-electron chi connectivity index (χ3n) is 10.3. The molecule has 4 nitrogen and oxygen atoms in total. The first kappa shape index (κ1) is 21.0.